The Bertz CT molecular complexity index is 1580. The maximum Gasteiger partial charge on any atom is 0.331 e. The predicted molar refractivity (Wildman–Crippen MR) is 127 cm³/mol. The van der Waals surface area contributed by atoms with Crippen molar-refractivity contribution in [3.05, 3.63) is 69.8 Å². The van der Waals surface area contributed by atoms with Gasteiger partial charge in [-0.3, -0.25) is 18.9 Å². The van der Waals surface area contributed by atoms with Crippen molar-refractivity contribution in [2.75, 3.05) is 31.1 Å². The van der Waals surface area contributed by atoms with Gasteiger partial charge in [0.2, 0.25) is 10.0 Å². The van der Waals surface area contributed by atoms with Crippen molar-refractivity contribution in [1.29, 1.82) is 0 Å². The van der Waals surface area contributed by atoms with Crippen LogP contribution in [0.25, 0.3) is 22.3 Å². The summed E-state index contributed by atoms with van der Waals surface area (Å²) >= 11 is 0. The van der Waals surface area contributed by atoms with Crippen molar-refractivity contribution in [3.63, 3.8) is 0 Å². The summed E-state index contributed by atoms with van der Waals surface area (Å²) in [6.45, 7) is 1.75. The Morgan fingerprint density at radius 1 is 0.941 bits per heavy atom. The highest BCUT2D eigenvalue weighted by molar-refractivity contribution is 7.89. The Morgan fingerprint density at radius 2 is 1.65 bits per heavy atom. The number of benzene rings is 1. The summed E-state index contributed by atoms with van der Waals surface area (Å²) in [5.41, 5.74) is 1.30. The van der Waals surface area contributed by atoms with Gasteiger partial charge < -0.3 is 9.88 Å². The number of hydrogen-bond acceptors (Lipinski definition) is 7. The van der Waals surface area contributed by atoms with Crippen molar-refractivity contribution >= 4 is 26.9 Å². The molecule has 0 atom stereocenters. The van der Waals surface area contributed by atoms with Crippen LogP contribution < -0.4 is 16.1 Å². The largest absolute Gasteiger partial charge is 0.353 e. The van der Waals surface area contributed by atoms with Gasteiger partial charge in [-0.15, -0.1) is 0 Å². The van der Waals surface area contributed by atoms with Gasteiger partial charge in [0.15, 0.2) is 0 Å². The highest BCUT2D eigenvalue weighted by Crippen LogP contribution is 2.25. The topological polar surface area (TPSA) is 126 Å². The minimum atomic E-state index is -3.65. The van der Waals surface area contributed by atoms with E-state index < -0.39 is 21.3 Å². The molecule has 0 amide bonds. The van der Waals surface area contributed by atoms with Crippen LogP contribution in [-0.4, -0.2) is 63.0 Å². The first-order valence-corrected chi connectivity index (χ1v) is 12.1. The highest BCUT2D eigenvalue weighted by atomic mass is 32.2. The van der Waals surface area contributed by atoms with Crippen LogP contribution in [0.2, 0.25) is 0 Å². The molecule has 1 N–H and O–H groups in total. The lowest BCUT2D eigenvalue weighted by Gasteiger charge is -2.34. The van der Waals surface area contributed by atoms with Gasteiger partial charge in [0.1, 0.15) is 11.3 Å². The number of H-pyrrole nitrogens is 1. The second-order valence-electron chi connectivity index (χ2n) is 8.13. The van der Waals surface area contributed by atoms with Crippen molar-refractivity contribution in [2.45, 2.75) is 4.90 Å². The molecule has 3 aromatic heterocycles. The van der Waals surface area contributed by atoms with E-state index in [4.69, 9.17) is 0 Å². The molecule has 1 saturated heterocycles. The second-order valence-corrected chi connectivity index (χ2v) is 10.1. The van der Waals surface area contributed by atoms with Crippen LogP contribution in [0.15, 0.2) is 63.4 Å². The van der Waals surface area contributed by atoms with E-state index in [1.54, 1.807) is 56.0 Å². The maximum absolute atomic E-state index is 13.2. The van der Waals surface area contributed by atoms with Crippen LogP contribution >= 0.6 is 0 Å². The van der Waals surface area contributed by atoms with Gasteiger partial charge in [-0.05, 0) is 23.8 Å². The van der Waals surface area contributed by atoms with E-state index in [2.05, 4.69) is 15.0 Å². The molecule has 1 aliphatic rings. The Hall–Kier alpha value is -3.77. The number of piperazine rings is 1. The van der Waals surface area contributed by atoms with E-state index in [0.717, 1.165) is 10.4 Å². The fraction of sp³-hybridized carbons (Fsp3) is 0.273. The van der Waals surface area contributed by atoms with Gasteiger partial charge in [0, 0.05) is 58.4 Å². The van der Waals surface area contributed by atoms with Gasteiger partial charge in [-0.1, -0.05) is 12.1 Å². The van der Waals surface area contributed by atoms with Gasteiger partial charge in [-0.25, -0.2) is 18.2 Å². The minimum Gasteiger partial charge on any atom is -0.353 e. The zero-order valence-electron chi connectivity index (χ0n) is 18.7. The smallest absolute Gasteiger partial charge is 0.331 e. The maximum atomic E-state index is 13.2. The molecule has 0 spiro atoms. The molecule has 0 saturated carbocycles. The molecular formula is C22H23N7O4S. The summed E-state index contributed by atoms with van der Waals surface area (Å²) in [6.07, 6.45) is 4.88. The Balaban J connectivity index is 1.38. The summed E-state index contributed by atoms with van der Waals surface area (Å²) in [4.78, 5) is 38.2. The van der Waals surface area contributed by atoms with Crippen molar-refractivity contribution in [3.8, 4) is 11.3 Å². The van der Waals surface area contributed by atoms with Gasteiger partial charge >= 0.3 is 5.69 Å². The quantitative estimate of drug-likeness (QED) is 0.451. The number of nitrogens with one attached hydrogen (secondary N) is 1. The molecule has 4 heterocycles. The Labute approximate surface area is 195 Å². The zero-order valence-corrected chi connectivity index (χ0v) is 19.5. The number of fused-ring (bicyclic) bond motifs is 1. The Kier molecular flexibility index (Phi) is 5.33. The molecule has 0 bridgehead atoms. The van der Waals surface area contributed by atoms with Crippen LogP contribution in [0, 0.1) is 0 Å². The number of aryl methyl sites for hydroxylation is 1. The number of nitrogens with zero attached hydrogens (tertiary/aromatic N) is 6. The Morgan fingerprint density at radius 3 is 2.29 bits per heavy atom. The summed E-state index contributed by atoms with van der Waals surface area (Å²) in [7, 11) is -0.628. The van der Waals surface area contributed by atoms with E-state index >= 15 is 0 Å². The molecule has 1 fully saturated rings. The molecule has 176 valence electrons. The highest BCUT2D eigenvalue weighted by Gasteiger charge is 2.29. The van der Waals surface area contributed by atoms with Crippen LogP contribution in [0.4, 0.5) is 5.82 Å². The molecular weight excluding hydrogens is 458 g/mol. The van der Waals surface area contributed by atoms with Crippen molar-refractivity contribution in [1.82, 2.24) is 28.4 Å². The third kappa shape index (κ3) is 3.60. The molecule has 0 aliphatic carbocycles. The van der Waals surface area contributed by atoms with Gasteiger partial charge in [-0.2, -0.15) is 4.31 Å². The SMILES string of the molecule is Cn1c(=O)c2[nH]c(-c3ccc(S(=O)(=O)N4CCN(c5cnccn5)CC4)cc3)cc2n(C)c1=O. The molecule has 1 aromatic carbocycles. The third-order valence-corrected chi connectivity index (χ3v) is 8.08. The van der Waals surface area contributed by atoms with Gasteiger partial charge in [0.25, 0.3) is 5.56 Å². The molecule has 5 rings (SSSR count). The monoisotopic (exact) mass is 481 g/mol. The number of aromatic nitrogens is 5. The first kappa shape index (κ1) is 22.0. The molecule has 1 aliphatic heterocycles. The zero-order chi connectivity index (χ0) is 24.0. The molecule has 12 heteroatoms. The molecule has 4 aromatic rings. The average Bonchev–Trinajstić information content (AvgIpc) is 3.33. The van der Waals surface area contributed by atoms with E-state index in [-0.39, 0.29) is 4.90 Å². The number of aromatic amines is 1. The van der Waals surface area contributed by atoms with Crippen LogP contribution in [0.1, 0.15) is 0 Å². The third-order valence-electron chi connectivity index (χ3n) is 6.17. The van der Waals surface area contributed by atoms with Gasteiger partial charge in [0.05, 0.1) is 16.6 Å². The lowest BCUT2D eigenvalue weighted by atomic mass is 10.1. The summed E-state index contributed by atoms with van der Waals surface area (Å²) in [5, 5.41) is 0. The number of rotatable bonds is 4. The summed E-state index contributed by atoms with van der Waals surface area (Å²) < 4.78 is 30.3. The van der Waals surface area contributed by atoms with Crippen LogP contribution in [0.3, 0.4) is 0 Å². The fourth-order valence-corrected chi connectivity index (χ4v) is 5.60. The first-order valence-electron chi connectivity index (χ1n) is 10.7. The van der Waals surface area contributed by atoms with E-state index in [1.165, 1.54) is 15.9 Å². The van der Waals surface area contributed by atoms with E-state index in [9.17, 15) is 18.0 Å². The molecule has 0 radical (unpaired) electrons. The fourth-order valence-electron chi connectivity index (χ4n) is 4.18. The predicted octanol–water partition coefficient (Wildman–Crippen LogP) is 0.533. The minimum absolute atomic E-state index is 0.198. The average molecular weight is 482 g/mol. The lowest BCUT2D eigenvalue weighted by Crippen LogP contribution is -2.48. The molecule has 34 heavy (non-hydrogen) atoms. The normalized spacial score (nSPS) is 15.2. The van der Waals surface area contributed by atoms with E-state index in [0.29, 0.717) is 48.5 Å². The second kappa shape index (κ2) is 8.22. The summed E-state index contributed by atoms with van der Waals surface area (Å²) in [6, 6.07) is 8.21. The standard InChI is InChI=1S/C22H23N7O4S/c1-26-18-13-17(25-20(18)21(30)27(2)22(26)31)15-3-5-16(6-4-15)34(32,33)29-11-9-28(10-12-29)19-14-23-7-8-24-19/h3-8,13-14,25H,9-12H2,1-2H3. The lowest BCUT2D eigenvalue weighted by molar-refractivity contribution is 0.383. The van der Waals surface area contributed by atoms with Crippen molar-refractivity contribution in [2.24, 2.45) is 14.1 Å². The number of anilines is 1. The van der Waals surface area contributed by atoms with Crippen LogP contribution in [-0.2, 0) is 24.1 Å². The first-order chi connectivity index (χ1) is 16.3. The van der Waals surface area contributed by atoms with Crippen molar-refractivity contribution < 1.29 is 8.42 Å². The molecule has 0 unspecified atom stereocenters. The number of hydrogen-bond donors (Lipinski definition) is 1. The van der Waals surface area contributed by atoms with Crippen LogP contribution in [0.5, 0.6) is 0 Å². The summed E-state index contributed by atoms with van der Waals surface area (Å²) in [5.74, 6) is 0.731. The molecule has 11 nitrogen and oxygen atoms in total. The van der Waals surface area contributed by atoms with E-state index in [1.807, 2.05) is 4.90 Å². The number of sulfonamides is 1.